The monoisotopic (exact) mass is 359 g/mol. The van der Waals surface area contributed by atoms with Crippen molar-refractivity contribution in [2.45, 2.75) is 4.21 Å². The van der Waals surface area contributed by atoms with Crippen LogP contribution in [-0.2, 0) is 0 Å². The van der Waals surface area contributed by atoms with Crippen LogP contribution in [0.5, 0.6) is 0 Å². The number of nitrogen functional groups attached to an aromatic ring is 1. The Morgan fingerprint density at radius 2 is 1.87 bits per heavy atom. The third-order valence-electron chi connectivity index (χ3n) is 3.20. The van der Waals surface area contributed by atoms with Gasteiger partial charge in [0.25, 0.3) is 0 Å². The lowest BCUT2D eigenvalue weighted by Gasteiger charge is -2.11. The fourth-order valence-electron chi connectivity index (χ4n) is 2.06. The summed E-state index contributed by atoms with van der Waals surface area (Å²) >= 11 is 8.94. The Labute approximate surface area is 148 Å². The number of benzene rings is 2. The highest BCUT2D eigenvalue weighted by Gasteiger charge is 2.09. The second-order valence-electron chi connectivity index (χ2n) is 4.81. The standard InChI is InChI=1S/C17H14ClN3S2/c18-15-8-9-16(22-15)23-21-12-6-7-14(19)13(10-12)17(20)11-4-2-1-3-5-11/h1-10,20-21H,19H2. The van der Waals surface area contributed by atoms with Crippen LogP contribution in [0, 0.1) is 5.41 Å². The number of hydrogen-bond donors (Lipinski definition) is 3. The molecule has 116 valence electrons. The number of nitrogens with two attached hydrogens (primary N) is 1. The number of rotatable bonds is 5. The van der Waals surface area contributed by atoms with Crippen LogP contribution in [0.4, 0.5) is 11.4 Å². The maximum Gasteiger partial charge on any atom is 0.0940 e. The number of nitrogens with one attached hydrogen (secondary N) is 2. The molecule has 0 saturated heterocycles. The molecule has 0 spiro atoms. The second-order valence-corrected chi connectivity index (χ2v) is 7.63. The van der Waals surface area contributed by atoms with E-state index in [-0.39, 0.29) is 0 Å². The molecule has 0 atom stereocenters. The van der Waals surface area contributed by atoms with Gasteiger partial charge in [0.15, 0.2) is 0 Å². The van der Waals surface area contributed by atoms with E-state index >= 15 is 0 Å². The Kier molecular flexibility index (Phi) is 4.91. The van der Waals surface area contributed by atoms with Crippen LogP contribution in [-0.4, -0.2) is 5.71 Å². The van der Waals surface area contributed by atoms with Gasteiger partial charge in [0.1, 0.15) is 0 Å². The minimum Gasteiger partial charge on any atom is -0.398 e. The maximum absolute atomic E-state index is 8.38. The second kappa shape index (κ2) is 7.08. The number of anilines is 2. The van der Waals surface area contributed by atoms with Crippen LogP contribution in [0.15, 0.2) is 64.9 Å². The molecule has 0 saturated carbocycles. The highest BCUT2D eigenvalue weighted by Crippen LogP contribution is 2.31. The van der Waals surface area contributed by atoms with E-state index in [1.54, 1.807) is 0 Å². The van der Waals surface area contributed by atoms with Gasteiger partial charge < -0.3 is 10.5 Å². The summed E-state index contributed by atoms with van der Waals surface area (Å²) < 4.78 is 5.10. The Bertz CT molecular complexity index is 831. The molecule has 0 amide bonds. The third kappa shape index (κ3) is 3.88. The van der Waals surface area contributed by atoms with Gasteiger partial charge in [-0.15, -0.1) is 11.3 Å². The van der Waals surface area contributed by atoms with Crippen molar-refractivity contribution in [2.24, 2.45) is 0 Å². The fraction of sp³-hybridized carbons (Fsp3) is 0. The number of hydrogen-bond acceptors (Lipinski definition) is 5. The highest BCUT2D eigenvalue weighted by molar-refractivity contribution is 8.02. The Morgan fingerprint density at radius 3 is 2.57 bits per heavy atom. The van der Waals surface area contributed by atoms with Gasteiger partial charge in [-0.1, -0.05) is 41.9 Å². The van der Waals surface area contributed by atoms with Crippen LogP contribution >= 0.6 is 34.9 Å². The van der Waals surface area contributed by atoms with Gasteiger partial charge in [-0.3, -0.25) is 5.41 Å². The number of halogens is 1. The molecule has 23 heavy (non-hydrogen) atoms. The van der Waals surface area contributed by atoms with E-state index in [2.05, 4.69) is 4.72 Å². The largest absolute Gasteiger partial charge is 0.398 e. The van der Waals surface area contributed by atoms with Crippen molar-refractivity contribution < 1.29 is 0 Å². The molecule has 3 nitrogen and oxygen atoms in total. The van der Waals surface area contributed by atoms with Crippen LogP contribution in [0.3, 0.4) is 0 Å². The highest BCUT2D eigenvalue weighted by atomic mass is 35.5. The molecule has 6 heteroatoms. The Hall–Kier alpha value is -1.95. The zero-order chi connectivity index (χ0) is 16.2. The summed E-state index contributed by atoms with van der Waals surface area (Å²) in [5.41, 5.74) is 9.50. The molecule has 0 aliphatic heterocycles. The third-order valence-corrected chi connectivity index (χ3v) is 5.40. The molecule has 0 aliphatic rings. The Morgan fingerprint density at radius 1 is 1.09 bits per heavy atom. The molecule has 0 unspecified atom stereocenters. The molecular weight excluding hydrogens is 346 g/mol. The molecule has 0 radical (unpaired) electrons. The maximum atomic E-state index is 8.38. The van der Waals surface area contributed by atoms with Gasteiger partial charge in [0, 0.05) is 22.5 Å². The molecule has 2 aromatic carbocycles. The van der Waals surface area contributed by atoms with Crippen molar-refractivity contribution in [2.75, 3.05) is 10.5 Å². The van der Waals surface area contributed by atoms with Crippen molar-refractivity contribution in [3.8, 4) is 0 Å². The first kappa shape index (κ1) is 15.9. The summed E-state index contributed by atoms with van der Waals surface area (Å²) in [4.78, 5) is 0. The lowest BCUT2D eigenvalue weighted by atomic mass is 10.0. The molecule has 0 aliphatic carbocycles. The predicted molar refractivity (Wildman–Crippen MR) is 102 cm³/mol. The summed E-state index contributed by atoms with van der Waals surface area (Å²) in [6.45, 7) is 0. The molecule has 0 fully saturated rings. The average Bonchev–Trinajstić information content (AvgIpc) is 3.00. The summed E-state index contributed by atoms with van der Waals surface area (Å²) in [6, 6.07) is 19.0. The van der Waals surface area contributed by atoms with E-state index < -0.39 is 0 Å². The van der Waals surface area contributed by atoms with E-state index in [1.165, 1.54) is 23.3 Å². The summed E-state index contributed by atoms with van der Waals surface area (Å²) in [7, 11) is 0. The molecule has 1 aromatic heterocycles. The van der Waals surface area contributed by atoms with Crippen molar-refractivity contribution >= 4 is 52.0 Å². The smallest absolute Gasteiger partial charge is 0.0940 e. The minimum absolute atomic E-state index is 0.413. The molecule has 0 bridgehead atoms. The zero-order valence-electron chi connectivity index (χ0n) is 12.0. The number of thiophene rings is 1. The van der Waals surface area contributed by atoms with Gasteiger partial charge in [0.2, 0.25) is 0 Å². The van der Waals surface area contributed by atoms with Crippen LogP contribution < -0.4 is 10.5 Å². The van der Waals surface area contributed by atoms with Gasteiger partial charge >= 0.3 is 0 Å². The molecule has 4 N–H and O–H groups in total. The normalized spacial score (nSPS) is 10.5. The van der Waals surface area contributed by atoms with E-state index in [0.717, 1.165) is 19.8 Å². The van der Waals surface area contributed by atoms with Crippen molar-refractivity contribution in [1.29, 1.82) is 5.41 Å². The van der Waals surface area contributed by atoms with E-state index in [9.17, 15) is 0 Å². The van der Waals surface area contributed by atoms with Crippen LogP contribution in [0.25, 0.3) is 0 Å². The summed E-state index contributed by atoms with van der Waals surface area (Å²) in [5, 5.41) is 8.38. The predicted octanol–water partition coefficient (Wildman–Crippen LogP) is 5.52. The first-order chi connectivity index (χ1) is 11.1. The topological polar surface area (TPSA) is 61.9 Å². The van der Waals surface area contributed by atoms with Crippen molar-refractivity contribution in [1.82, 2.24) is 0 Å². The van der Waals surface area contributed by atoms with Crippen molar-refractivity contribution in [3.05, 3.63) is 76.1 Å². The minimum atomic E-state index is 0.413. The summed E-state index contributed by atoms with van der Waals surface area (Å²) in [6.07, 6.45) is 0. The zero-order valence-corrected chi connectivity index (χ0v) is 14.4. The first-order valence-corrected chi connectivity index (χ1v) is 8.86. The van der Waals surface area contributed by atoms with E-state index in [0.29, 0.717) is 17.0 Å². The van der Waals surface area contributed by atoms with Gasteiger partial charge in [0.05, 0.1) is 14.3 Å². The quantitative estimate of drug-likeness (QED) is 0.319. The molecule has 1 heterocycles. The van der Waals surface area contributed by atoms with Gasteiger partial charge in [-0.25, -0.2) is 0 Å². The lowest BCUT2D eigenvalue weighted by Crippen LogP contribution is -2.05. The first-order valence-electron chi connectivity index (χ1n) is 6.85. The SMILES string of the molecule is N=C(c1ccccc1)c1cc(NSc2ccc(Cl)s2)ccc1N. The van der Waals surface area contributed by atoms with Crippen LogP contribution in [0.1, 0.15) is 11.1 Å². The van der Waals surface area contributed by atoms with Crippen molar-refractivity contribution in [3.63, 3.8) is 0 Å². The molecule has 3 aromatic rings. The van der Waals surface area contributed by atoms with E-state index in [4.69, 9.17) is 22.7 Å². The summed E-state index contributed by atoms with van der Waals surface area (Å²) in [5.74, 6) is 0. The van der Waals surface area contributed by atoms with Gasteiger partial charge in [-0.05, 0) is 42.3 Å². The van der Waals surface area contributed by atoms with Crippen LogP contribution in [0.2, 0.25) is 4.34 Å². The fourth-order valence-corrected chi connectivity index (χ4v) is 4.01. The lowest BCUT2D eigenvalue weighted by molar-refractivity contribution is 1.46. The average molecular weight is 360 g/mol. The molecule has 3 rings (SSSR count). The van der Waals surface area contributed by atoms with Gasteiger partial charge in [-0.2, -0.15) is 0 Å². The molecular formula is C17H14ClN3S2. The Balaban J connectivity index is 1.80. The van der Waals surface area contributed by atoms with E-state index in [1.807, 2.05) is 60.7 Å².